The Labute approximate surface area is 777 Å². The van der Waals surface area contributed by atoms with Crippen molar-refractivity contribution in [3.05, 3.63) is 99.2 Å². The van der Waals surface area contributed by atoms with E-state index in [9.17, 15) is 53.1 Å². The van der Waals surface area contributed by atoms with E-state index in [0.717, 1.165) is 217 Å². The van der Waals surface area contributed by atoms with E-state index < -0.39 is 5.97 Å². The van der Waals surface area contributed by atoms with E-state index in [2.05, 4.69) is 52.6 Å². The highest BCUT2D eigenvalue weighted by Crippen LogP contribution is 2.71. The van der Waals surface area contributed by atoms with Gasteiger partial charge in [-0.05, 0) is 259 Å². The summed E-state index contributed by atoms with van der Waals surface area (Å²) in [5, 5.41) is 26.3. The molecule has 0 aromatic carbocycles. The van der Waals surface area contributed by atoms with Crippen LogP contribution in [0.4, 0.5) is 0 Å². The number of hydrogen-bond donors (Lipinski definition) is 5. The number of carboxylic acids is 1. The number of ketones is 1. The number of fused-ring (bicyclic) bond motifs is 18. The Hall–Kier alpha value is -7.42. The van der Waals surface area contributed by atoms with E-state index in [-0.39, 0.29) is 66.8 Å². The highest BCUT2D eigenvalue weighted by Gasteiger charge is 2.67. The summed E-state index contributed by atoms with van der Waals surface area (Å²) in [5.41, 5.74) is 12.8. The Kier molecular flexibility index (Phi) is 67.8. The van der Waals surface area contributed by atoms with Gasteiger partial charge in [-0.25, -0.2) is 28.8 Å². The fourth-order valence-electron chi connectivity index (χ4n) is 20.4. The number of carbonyl (C=O) groups excluding carboxylic acids is 9. The molecule has 0 aliphatic heterocycles. The fraction of sp³-hybridized carbons (Fsp3) is 0.750. The smallest absolute Gasteiger partial charge is 0.333 e. The van der Waals surface area contributed by atoms with Crippen molar-refractivity contribution in [1.29, 1.82) is 0 Å². The number of esters is 6. The normalized spacial score (nSPS) is 22.7. The number of aliphatic hydroxyl groups excluding tert-OH is 2. The number of hydrogen-bond acceptors (Lipinski definition) is 22. The molecule has 25 heteroatoms. The van der Waals surface area contributed by atoms with Crippen molar-refractivity contribution in [3.8, 4) is 0 Å². The van der Waals surface area contributed by atoms with Gasteiger partial charge in [0.05, 0.1) is 45.6 Å². The van der Waals surface area contributed by atoms with Gasteiger partial charge in [0.2, 0.25) is 11.8 Å². The Bertz CT molecular complexity index is 3220. The number of ether oxygens (including phenoxy) is 8. The summed E-state index contributed by atoms with van der Waals surface area (Å²) in [6, 6.07) is 0.759. The molecule has 16 unspecified atom stereocenters. The Morgan fingerprint density at radius 1 is 0.341 bits per heavy atom. The number of Topliss-reactive ketones (excluding diaryl/α,β-unsaturated/α-hetero) is 1. The van der Waals surface area contributed by atoms with Gasteiger partial charge in [-0.3, -0.25) is 19.2 Å². The molecule has 7 N–H and O–H groups in total. The minimum absolute atomic E-state index is 0.0238. The summed E-state index contributed by atoms with van der Waals surface area (Å²) in [7, 11) is 7.32. The maximum atomic E-state index is 12.3. The number of amides is 2. The molecule has 0 heterocycles. The molecular formula is C104H176N4O21. The maximum Gasteiger partial charge on any atom is 0.333 e. The van der Waals surface area contributed by atoms with Crippen LogP contribution in [0.3, 0.4) is 0 Å². The van der Waals surface area contributed by atoms with E-state index in [1.165, 1.54) is 115 Å². The fourth-order valence-corrected chi connectivity index (χ4v) is 20.4. The zero-order valence-electron chi connectivity index (χ0n) is 81.4. The molecule has 0 radical (unpaired) electrons. The zero-order chi connectivity index (χ0) is 96.4. The third kappa shape index (κ3) is 47.7. The molecule has 129 heavy (non-hydrogen) atoms. The molecule has 0 aromatic rings. The summed E-state index contributed by atoms with van der Waals surface area (Å²) in [4.78, 5) is 116. The van der Waals surface area contributed by atoms with Crippen LogP contribution < -0.4 is 11.5 Å². The monoisotopic (exact) mass is 1820 g/mol. The van der Waals surface area contributed by atoms with Crippen LogP contribution in [0.2, 0.25) is 0 Å². The summed E-state index contributed by atoms with van der Waals surface area (Å²) in [6.07, 6.45) is 49.5. The van der Waals surface area contributed by atoms with Crippen LogP contribution in [0.5, 0.6) is 0 Å². The van der Waals surface area contributed by atoms with Crippen molar-refractivity contribution in [3.63, 3.8) is 0 Å². The van der Waals surface area contributed by atoms with Gasteiger partial charge in [-0.1, -0.05) is 175 Å². The molecule has 8 rings (SSSR count). The Morgan fingerprint density at radius 3 is 0.884 bits per heavy atom. The molecule has 8 bridgehead atoms. The number of nitrogens with zero attached hydrogens (tertiary/aromatic N) is 2. The van der Waals surface area contributed by atoms with Gasteiger partial charge < -0.3 is 74.5 Å². The second-order valence-electron chi connectivity index (χ2n) is 36.4. The summed E-state index contributed by atoms with van der Waals surface area (Å²) < 4.78 is 39.2. The number of rotatable bonds is 59. The van der Waals surface area contributed by atoms with Crippen LogP contribution >= 0.6 is 0 Å². The Morgan fingerprint density at radius 2 is 0.605 bits per heavy atom. The zero-order valence-corrected chi connectivity index (χ0v) is 81.4. The third-order valence-corrected chi connectivity index (χ3v) is 26.6. The van der Waals surface area contributed by atoms with Gasteiger partial charge in [0.15, 0.2) is 0 Å². The van der Waals surface area contributed by atoms with Gasteiger partial charge in [0, 0.05) is 120 Å². The van der Waals surface area contributed by atoms with Crippen LogP contribution in [0.1, 0.15) is 298 Å². The highest BCUT2D eigenvalue weighted by atomic mass is 16.6. The van der Waals surface area contributed by atoms with Gasteiger partial charge in [-0.2, -0.15) is 0 Å². The minimum Gasteiger partial charge on any atom is -0.481 e. The number of methoxy groups -OCH3 is 2. The molecule has 8 fully saturated rings. The minimum atomic E-state index is -0.584. The van der Waals surface area contributed by atoms with Gasteiger partial charge in [0.25, 0.3) is 0 Å². The van der Waals surface area contributed by atoms with Crippen molar-refractivity contribution >= 4 is 59.4 Å². The number of aliphatic hydroxyl groups is 2. The van der Waals surface area contributed by atoms with Gasteiger partial charge in [0.1, 0.15) is 5.78 Å². The lowest BCUT2D eigenvalue weighted by Gasteiger charge is -2.43. The molecule has 8 saturated carbocycles. The molecule has 738 valence electrons. The lowest BCUT2D eigenvalue weighted by Crippen LogP contribution is -2.47. The summed E-state index contributed by atoms with van der Waals surface area (Å²) in [6.45, 7) is 43.4. The lowest BCUT2D eigenvalue weighted by atomic mass is 9.65. The first-order chi connectivity index (χ1) is 61.9. The standard InChI is InChI=1S/C20H29NO2.C17H23NO3.C13H25NO2.C13H24O3.C11H21NO2.C11H20O3.C10H18O3.C9H16O3/c1-5-17(22)13-6-11-7-14(13)18-12-8-15(19(11)18)16(9-12)21(4)20(23)10(2)3;1-3-14(19)18(2)13-7-9-6-12(13)16-8-4-10(15(9)16)11(5-8)17(20)21;1-12(2)13(15)16-11-9-7-5-3-4-6-8-10-14;1-12(2)13(14)16-11-9-7-5-4-6-8-10-15-3;1-2-11(13)14-10-8-6-4-3-5-7-9-12;1-3-11(12)14-10-8-6-4-5-7-9-13-2;1-9(2)10(12)13-8-6-4-3-5-7-11;1-2-9(11)12-8-6-4-3-5-7-10/h11-16,18-19H,2,5-9H2,1,3-4H3;3,8-13,15-16H,1,4-7H2,2H3,(H,20,21);1,3-11,14H2,2H3;1,4-11H2,2-3H3;2H,1,3-10,12H2;3H,1,4-10H2,2H3;11H,1,3-8H2,2H3;2,10H,1,3-8H2. The second-order valence-corrected chi connectivity index (χ2v) is 36.4. The first-order valence-corrected chi connectivity index (χ1v) is 49.0. The average molecular weight is 1820 g/mol. The second kappa shape index (κ2) is 73.1. The van der Waals surface area contributed by atoms with E-state index >= 15 is 0 Å². The van der Waals surface area contributed by atoms with Crippen molar-refractivity contribution < 1.29 is 101 Å². The lowest BCUT2D eigenvalue weighted by molar-refractivity contribution is -0.146. The largest absolute Gasteiger partial charge is 0.481 e. The molecule has 2 amide bonds. The number of unbranched alkanes of at least 4 members (excludes halogenated alkanes) is 26. The van der Waals surface area contributed by atoms with Crippen LogP contribution in [0.15, 0.2) is 99.2 Å². The van der Waals surface area contributed by atoms with Crippen molar-refractivity contribution in [2.75, 3.05) is 107 Å². The molecule has 0 spiro atoms. The topological polar surface area (TPSA) is 364 Å². The first kappa shape index (κ1) is 120. The van der Waals surface area contributed by atoms with Gasteiger partial charge in [-0.15, -0.1) is 0 Å². The van der Waals surface area contributed by atoms with Crippen molar-refractivity contribution in [1.82, 2.24) is 9.80 Å². The summed E-state index contributed by atoms with van der Waals surface area (Å²) in [5.74, 6) is 6.36. The molecule has 8 aliphatic rings. The number of nitrogens with two attached hydrogens (primary N) is 2. The molecule has 0 aromatic heterocycles. The number of carbonyl (C=O) groups is 10. The SMILES string of the molecule is C=C(C)C(=O)N(C)C1CC2CC1C1C3CC(C(=O)CC)C(C3)C21.C=C(C)C(=O)OCCCCCCCCCN.C=C(C)C(=O)OCCCCCCCCOC.C=C(C)C(=O)OCCCCCCO.C=CC(=O)N(C)C1CC2CC1C1C3CC(C(=O)O)C(C3)C21.C=CC(=O)OCCCCCCCCN.C=CC(=O)OCCCCCCCOC.C=CC(=O)OCCCCCCO. The molecule has 16 atom stereocenters. The molecule has 0 saturated heterocycles. The predicted molar refractivity (Wildman–Crippen MR) is 511 cm³/mol. The van der Waals surface area contributed by atoms with Crippen LogP contribution in [0.25, 0.3) is 0 Å². The first-order valence-electron chi connectivity index (χ1n) is 49.0. The van der Waals surface area contributed by atoms with E-state index in [0.29, 0.717) is 139 Å². The predicted octanol–water partition coefficient (Wildman–Crippen LogP) is 18.5. The van der Waals surface area contributed by atoms with E-state index in [1.807, 2.05) is 37.7 Å². The quantitative estimate of drug-likeness (QED) is 0.0124. The third-order valence-electron chi connectivity index (χ3n) is 26.6. The van der Waals surface area contributed by atoms with E-state index in [4.69, 9.17) is 59.6 Å². The summed E-state index contributed by atoms with van der Waals surface area (Å²) >= 11 is 0. The molecule has 25 nitrogen and oxygen atoms in total. The number of carboxylic acid groups (broad SMARTS) is 1. The highest BCUT2D eigenvalue weighted by molar-refractivity contribution is 5.92. The van der Waals surface area contributed by atoms with E-state index in [1.54, 1.807) is 35.0 Å². The van der Waals surface area contributed by atoms with Crippen molar-refractivity contribution in [2.45, 2.75) is 310 Å². The molecular weight excluding hydrogens is 1640 g/mol. The average Bonchev–Trinajstić information content (AvgIpc) is 1.55. The van der Waals surface area contributed by atoms with Crippen LogP contribution in [-0.2, 0) is 85.8 Å². The maximum absolute atomic E-state index is 12.3. The van der Waals surface area contributed by atoms with Crippen molar-refractivity contribution in [2.24, 2.45) is 94.3 Å². The molecule has 8 aliphatic carbocycles. The number of likely N-dealkylation sites (N-methyl/N-ethyl adjacent to an activating group) is 2. The van der Waals surface area contributed by atoms with Gasteiger partial charge >= 0.3 is 41.8 Å². The van der Waals surface area contributed by atoms with Crippen LogP contribution in [-0.4, -0.2) is 204 Å². The number of aliphatic carboxylic acids is 1. The van der Waals surface area contributed by atoms with Crippen LogP contribution in [0, 0.1) is 82.9 Å². The Balaban J connectivity index is 0.000000746.